The molecular formula is C20H36O3. The summed E-state index contributed by atoms with van der Waals surface area (Å²) in [5, 5.41) is 10.3. The lowest BCUT2D eigenvalue weighted by Crippen LogP contribution is -2.41. The SMILES string of the molecule is CCC(O)(CC)CCCO[C@H](C)C1CCC2C(=O)CCC[C@@]21C. The Labute approximate surface area is 142 Å². The van der Waals surface area contributed by atoms with E-state index >= 15 is 0 Å². The number of carbonyl (C=O) groups is 1. The van der Waals surface area contributed by atoms with Crippen LogP contribution in [0.2, 0.25) is 0 Å². The van der Waals surface area contributed by atoms with Crippen LogP contribution in [0.25, 0.3) is 0 Å². The van der Waals surface area contributed by atoms with Crippen LogP contribution in [0.4, 0.5) is 0 Å². The van der Waals surface area contributed by atoms with Crippen LogP contribution in [0, 0.1) is 17.3 Å². The topological polar surface area (TPSA) is 46.5 Å². The molecule has 0 heterocycles. The molecular weight excluding hydrogens is 288 g/mol. The first-order valence-corrected chi connectivity index (χ1v) is 9.73. The molecule has 2 rings (SSSR count). The third-order valence-electron chi connectivity index (χ3n) is 6.99. The van der Waals surface area contributed by atoms with Gasteiger partial charge in [-0.3, -0.25) is 4.79 Å². The van der Waals surface area contributed by atoms with E-state index in [2.05, 4.69) is 13.8 Å². The molecule has 23 heavy (non-hydrogen) atoms. The second-order valence-corrected chi connectivity index (χ2v) is 8.17. The number of ether oxygens (including phenoxy) is 1. The summed E-state index contributed by atoms with van der Waals surface area (Å²) >= 11 is 0. The summed E-state index contributed by atoms with van der Waals surface area (Å²) in [4.78, 5) is 12.2. The maximum absolute atomic E-state index is 12.2. The molecule has 2 aliphatic rings. The number of hydrogen-bond donors (Lipinski definition) is 1. The largest absolute Gasteiger partial charge is 0.390 e. The number of hydrogen-bond acceptors (Lipinski definition) is 3. The lowest BCUT2D eigenvalue weighted by atomic mass is 9.64. The number of fused-ring (bicyclic) bond motifs is 1. The molecule has 0 aromatic carbocycles. The highest BCUT2D eigenvalue weighted by Gasteiger charge is 2.52. The van der Waals surface area contributed by atoms with Gasteiger partial charge in [0.2, 0.25) is 0 Å². The van der Waals surface area contributed by atoms with Gasteiger partial charge in [-0.2, -0.15) is 0 Å². The number of ketones is 1. The molecule has 3 heteroatoms. The van der Waals surface area contributed by atoms with Gasteiger partial charge in [-0.25, -0.2) is 0 Å². The molecule has 0 spiro atoms. The highest BCUT2D eigenvalue weighted by Crippen LogP contribution is 2.55. The van der Waals surface area contributed by atoms with Gasteiger partial charge in [-0.05, 0) is 69.6 Å². The van der Waals surface area contributed by atoms with Gasteiger partial charge >= 0.3 is 0 Å². The zero-order valence-electron chi connectivity index (χ0n) is 15.6. The van der Waals surface area contributed by atoms with Crippen LogP contribution in [0.1, 0.15) is 85.5 Å². The maximum Gasteiger partial charge on any atom is 0.136 e. The number of carbonyl (C=O) groups excluding carboxylic acids is 1. The van der Waals surface area contributed by atoms with Crippen molar-refractivity contribution in [2.24, 2.45) is 17.3 Å². The standard InChI is InChI=1S/C20H36O3/c1-5-20(22,6-2)13-8-14-23-15(3)16-10-11-17-18(21)9-7-12-19(16,17)4/h15-17,22H,5-14H2,1-4H3/t15-,16?,17?,19-/m1/s1. The van der Waals surface area contributed by atoms with E-state index in [1.54, 1.807) is 0 Å². The third kappa shape index (κ3) is 3.99. The molecule has 0 bridgehead atoms. The smallest absolute Gasteiger partial charge is 0.136 e. The maximum atomic E-state index is 12.2. The Hall–Kier alpha value is -0.410. The van der Waals surface area contributed by atoms with Gasteiger partial charge < -0.3 is 9.84 Å². The Kier molecular flexibility index (Phi) is 6.29. The molecule has 2 unspecified atom stereocenters. The summed E-state index contributed by atoms with van der Waals surface area (Å²) in [6.45, 7) is 9.32. The zero-order chi connectivity index (χ0) is 17.1. The number of Topliss-reactive ketones (excluding diaryl/α,β-unsaturated/α-hetero) is 1. The highest BCUT2D eigenvalue weighted by atomic mass is 16.5. The van der Waals surface area contributed by atoms with E-state index in [0.717, 1.165) is 51.4 Å². The summed E-state index contributed by atoms with van der Waals surface area (Å²) in [5.41, 5.74) is -0.366. The zero-order valence-corrected chi connectivity index (χ0v) is 15.6. The normalized spacial score (nSPS) is 32.8. The molecule has 2 saturated carbocycles. The van der Waals surface area contributed by atoms with Crippen molar-refractivity contribution in [2.75, 3.05) is 6.61 Å². The molecule has 134 valence electrons. The van der Waals surface area contributed by atoms with Crippen molar-refractivity contribution in [3.05, 3.63) is 0 Å². The fourth-order valence-electron chi connectivity index (χ4n) is 5.13. The molecule has 2 fully saturated rings. The van der Waals surface area contributed by atoms with E-state index in [1.807, 2.05) is 13.8 Å². The molecule has 0 radical (unpaired) electrons. The lowest BCUT2D eigenvalue weighted by molar-refractivity contribution is -0.131. The quantitative estimate of drug-likeness (QED) is 0.668. The summed E-state index contributed by atoms with van der Waals surface area (Å²) in [6.07, 6.45) is 8.75. The third-order valence-corrected chi connectivity index (χ3v) is 6.99. The van der Waals surface area contributed by atoms with Crippen molar-refractivity contribution in [3.8, 4) is 0 Å². The van der Waals surface area contributed by atoms with Gasteiger partial charge in [0, 0.05) is 18.9 Å². The second-order valence-electron chi connectivity index (χ2n) is 8.17. The summed E-state index contributed by atoms with van der Waals surface area (Å²) < 4.78 is 6.14. The molecule has 2 aliphatic carbocycles. The average molecular weight is 325 g/mol. The predicted molar refractivity (Wildman–Crippen MR) is 93.4 cm³/mol. The van der Waals surface area contributed by atoms with Crippen LogP contribution in [0.3, 0.4) is 0 Å². The van der Waals surface area contributed by atoms with Gasteiger partial charge in [0.15, 0.2) is 0 Å². The Morgan fingerprint density at radius 3 is 2.70 bits per heavy atom. The minimum atomic E-state index is -0.521. The van der Waals surface area contributed by atoms with Crippen LogP contribution >= 0.6 is 0 Å². The lowest BCUT2D eigenvalue weighted by Gasteiger charge is -2.42. The Morgan fingerprint density at radius 2 is 2.04 bits per heavy atom. The van der Waals surface area contributed by atoms with Crippen molar-refractivity contribution in [1.29, 1.82) is 0 Å². The Morgan fingerprint density at radius 1 is 1.35 bits per heavy atom. The number of rotatable bonds is 8. The molecule has 0 amide bonds. The fraction of sp³-hybridized carbons (Fsp3) is 0.950. The monoisotopic (exact) mass is 324 g/mol. The van der Waals surface area contributed by atoms with Crippen LogP contribution in [-0.4, -0.2) is 29.2 Å². The molecule has 0 aromatic heterocycles. The minimum Gasteiger partial charge on any atom is -0.390 e. The van der Waals surface area contributed by atoms with Gasteiger partial charge in [0.25, 0.3) is 0 Å². The van der Waals surface area contributed by atoms with E-state index in [0.29, 0.717) is 18.3 Å². The molecule has 0 aromatic rings. The molecule has 4 atom stereocenters. The van der Waals surface area contributed by atoms with Gasteiger partial charge in [0.05, 0.1) is 11.7 Å². The molecule has 0 saturated heterocycles. The van der Waals surface area contributed by atoms with Crippen molar-refractivity contribution in [1.82, 2.24) is 0 Å². The molecule has 1 N–H and O–H groups in total. The second kappa shape index (κ2) is 7.65. The van der Waals surface area contributed by atoms with Gasteiger partial charge in [-0.1, -0.05) is 20.8 Å². The highest BCUT2D eigenvalue weighted by molar-refractivity contribution is 5.83. The van der Waals surface area contributed by atoms with Crippen molar-refractivity contribution < 1.29 is 14.6 Å². The van der Waals surface area contributed by atoms with E-state index < -0.39 is 5.60 Å². The summed E-state index contributed by atoms with van der Waals surface area (Å²) in [6, 6.07) is 0. The molecule has 0 aliphatic heterocycles. The van der Waals surface area contributed by atoms with Crippen LogP contribution in [-0.2, 0) is 9.53 Å². The molecule has 3 nitrogen and oxygen atoms in total. The minimum absolute atomic E-state index is 0.155. The van der Waals surface area contributed by atoms with Crippen molar-refractivity contribution >= 4 is 5.78 Å². The van der Waals surface area contributed by atoms with Gasteiger partial charge in [0.1, 0.15) is 5.78 Å². The van der Waals surface area contributed by atoms with E-state index in [1.165, 1.54) is 6.42 Å². The Balaban J connectivity index is 1.82. The first kappa shape index (κ1) is 18.9. The Bertz CT molecular complexity index is 402. The van der Waals surface area contributed by atoms with Crippen LogP contribution in [0.5, 0.6) is 0 Å². The van der Waals surface area contributed by atoms with E-state index in [9.17, 15) is 9.90 Å². The fourth-order valence-corrected chi connectivity index (χ4v) is 5.13. The first-order chi connectivity index (χ1) is 10.9. The first-order valence-electron chi connectivity index (χ1n) is 9.73. The predicted octanol–water partition coefficient (Wildman–Crippen LogP) is 4.51. The summed E-state index contributed by atoms with van der Waals surface area (Å²) in [5.74, 6) is 1.27. The number of aliphatic hydroxyl groups is 1. The van der Waals surface area contributed by atoms with E-state index in [-0.39, 0.29) is 17.4 Å². The van der Waals surface area contributed by atoms with Crippen LogP contribution < -0.4 is 0 Å². The van der Waals surface area contributed by atoms with Crippen molar-refractivity contribution in [3.63, 3.8) is 0 Å². The van der Waals surface area contributed by atoms with Gasteiger partial charge in [-0.15, -0.1) is 0 Å². The average Bonchev–Trinajstić information content (AvgIpc) is 2.89. The summed E-state index contributed by atoms with van der Waals surface area (Å²) in [7, 11) is 0. The van der Waals surface area contributed by atoms with E-state index in [4.69, 9.17) is 4.74 Å². The van der Waals surface area contributed by atoms with Crippen LogP contribution in [0.15, 0.2) is 0 Å². The van der Waals surface area contributed by atoms with Crippen molar-refractivity contribution in [2.45, 2.75) is 97.2 Å².